The summed E-state index contributed by atoms with van der Waals surface area (Å²) in [6.45, 7) is 18.6. The maximum Gasteiger partial charge on any atom is 0.335 e. The lowest BCUT2D eigenvalue weighted by Crippen LogP contribution is -2.16. The minimum Gasteiger partial charge on any atom is -0.426 e. The topological polar surface area (TPSA) is 105 Å². The molecule has 2 unspecified atom stereocenters. The van der Waals surface area contributed by atoms with Gasteiger partial charge in [0, 0.05) is 12.2 Å². The predicted octanol–water partition coefficient (Wildman–Crippen LogP) is 12.8. The second-order valence-corrected chi connectivity index (χ2v) is 11.5. The number of benzene rings is 4. The van der Waals surface area contributed by atoms with Gasteiger partial charge < -0.3 is 18.9 Å². The van der Waals surface area contributed by atoms with Gasteiger partial charge in [-0.2, -0.15) is 0 Å². The van der Waals surface area contributed by atoms with E-state index in [-0.39, 0.29) is 53.5 Å². The van der Waals surface area contributed by atoms with Crippen molar-refractivity contribution in [3.05, 3.63) is 122 Å². The number of ether oxygens (including phenoxy) is 4. The van der Waals surface area contributed by atoms with Crippen molar-refractivity contribution in [3.63, 3.8) is 0 Å². The van der Waals surface area contributed by atoms with E-state index < -0.39 is 11.9 Å². The third-order valence-corrected chi connectivity index (χ3v) is 7.32. The molecule has 0 N–H and O–H groups in total. The summed E-state index contributed by atoms with van der Waals surface area (Å²) in [6.07, 6.45) is 4.98. The van der Waals surface area contributed by atoms with Crippen molar-refractivity contribution in [1.82, 2.24) is 0 Å². The summed E-state index contributed by atoms with van der Waals surface area (Å²) in [4.78, 5) is 45.9. The molecule has 0 fully saturated rings. The van der Waals surface area contributed by atoms with Gasteiger partial charge in [0.1, 0.15) is 23.0 Å². The Morgan fingerprint density at radius 1 is 0.455 bits per heavy atom. The molecule has 0 amide bonds. The monoisotopic (exact) mass is 756 g/mol. The van der Waals surface area contributed by atoms with Crippen LogP contribution in [0.2, 0.25) is 0 Å². The van der Waals surface area contributed by atoms with Crippen molar-refractivity contribution in [2.24, 2.45) is 11.8 Å². The number of esters is 4. The van der Waals surface area contributed by atoms with Crippen LogP contribution in [0.5, 0.6) is 23.0 Å². The SMILES string of the molecule is C.C.C.C.C=CC(=O)Oc1ccc(-c2ccc(OC(=O)C=C)cc2)cc1.CCC.CCC(C)C(=O)Oc1ccc(-c2ccc(OC(=O)C(C)CC)cc2)cc1. The molecule has 0 heterocycles. The Kier molecular flexibility index (Phi) is 28.0. The lowest BCUT2D eigenvalue weighted by atomic mass is 10.1. The van der Waals surface area contributed by atoms with Crippen molar-refractivity contribution in [3.8, 4) is 45.3 Å². The fourth-order valence-electron chi connectivity index (χ4n) is 3.94. The Morgan fingerprint density at radius 3 is 0.836 bits per heavy atom. The average molecular weight is 757 g/mol. The number of rotatable bonds is 12. The Labute approximate surface area is 331 Å². The summed E-state index contributed by atoms with van der Waals surface area (Å²) in [5, 5.41) is 0. The molecule has 8 nitrogen and oxygen atoms in total. The third-order valence-electron chi connectivity index (χ3n) is 7.32. The van der Waals surface area contributed by atoms with Gasteiger partial charge in [0.05, 0.1) is 11.8 Å². The van der Waals surface area contributed by atoms with E-state index in [9.17, 15) is 19.2 Å². The van der Waals surface area contributed by atoms with Crippen LogP contribution < -0.4 is 18.9 Å². The molecular formula is C47H64O8. The highest BCUT2D eigenvalue weighted by molar-refractivity contribution is 5.84. The van der Waals surface area contributed by atoms with Crippen molar-refractivity contribution in [2.75, 3.05) is 0 Å². The fraction of sp³-hybridized carbons (Fsp3) is 0.319. The van der Waals surface area contributed by atoms with Crippen LogP contribution in [0, 0.1) is 11.8 Å². The summed E-state index contributed by atoms with van der Waals surface area (Å²) in [5.41, 5.74) is 3.88. The minimum absolute atomic E-state index is 0. The molecular weight excluding hydrogens is 693 g/mol. The van der Waals surface area contributed by atoms with E-state index in [2.05, 4.69) is 27.0 Å². The molecule has 0 saturated heterocycles. The van der Waals surface area contributed by atoms with Gasteiger partial charge in [-0.3, -0.25) is 9.59 Å². The molecule has 2 atom stereocenters. The van der Waals surface area contributed by atoms with Crippen molar-refractivity contribution < 1.29 is 38.1 Å². The molecule has 4 aromatic rings. The average Bonchev–Trinajstić information content (AvgIpc) is 3.15. The molecule has 55 heavy (non-hydrogen) atoms. The zero-order valence-electron chi connectivity index (χ0n) is 30.3. The molecule has 0 aliphatic heterocycles. The summed E-state index contributed by atoms with van der Waals surface area (Å²) >= 11 is 0. The van der Waals surface area contributed by atoms with Crippen LogP contribution in [0.4, 0.5) is 0 Å². The number of hydrogen-bond acceptors (Lipinski definition) is 8. The van der Waals surface area contributed by atoms with Gasteiger partial charge in [-0.05, 0) is 83.6 Å². The second-order valence-electron chi connectivity index (χ2n) is 11.5. The van der Waals surface area contributed by atoms with E-state index >= 15 is 0 Å². The van der Waals surface area contributed by atoms with Gasteiger partial charge in [0.25, 0.3) is 0 Å². The molecule has 0 radical (unpaired) electrons. The van der Waals surface area contributed by atoms with Gasteiger partial charge in [-0.1, -0.05) is 139 Å². The third kappa shape index (κ3) is 18.7. The number of carbonyl (C=O) groups excluding carboxylic acids is 4. The molecule has 8 heteroatoms. The second kappa shape index (κ2) is 28.7. The molecule has 300 valence electrons. The Morgan fingerprint density at radius 2 is 0.655 bits per heavy atom. The molecule has 0 aliphatic carbocycles. The first-order valence-corrected chi connectivity index (χ1v) is 17.0. The molecule has 0 bridgehead atoms. The molecule has 4 aromatic carbocycles. The highest BCUT2D eigenvalue weighted by Gasteiger charge is 2.14. The van der Waals surface area contributed by atoms with Crippen molar-refractivity contribution in [2.45, 2.75) is 90.5 Å². The molecule has 4 rings (SSSR count). The molecule has 0 aliphatic rings. The first-order chi connectivity index (χ1) is 24.5. The smallest absolute Gasteiger partial charge is 0.335 e. The van der Waals surface area contributed by atoms with Crippen LogP contribution in [-0.2, 0) is 19.2 Å². The van der Waals surface area contributed by atoms with Crippen LogP contribution >= 0.6 is 0 Å². The normalized spacial score (nSPS) is 10.3. The van der Waals surface area contributed by atoms with E-state index in [1.54, 1.807) is 48.5 Å². The van der Waals surface area contributed by atoms with E-state index in [0.717, 1.165) is 47.2 Å². The highest BCUT2D eigenvalue weighted by Crippen LogP contribution is 2.27. The maximum atomic E-state index is 11.8. The molecule has 0 aromatic heterocycles. The summed E-state index contributed by atoms with van der Waals surface area (Å²) in [6, 6.07) is 28.9. The minimum atomic E-state index is -0.499. The van der Waals surface area contributed by atoms with Crippen LogP contribution in [0.1, 0.15) is 90.5 Å². The first-order valence-electron chi connectivity index (χ1n) is 17.0. The predicted molar refractivity (Wildman–Crippen MR) is 228 cm³/mol. The van der Waals surface area contributed by atoms with Gasteiger partial charge in [0.15, 0.2) is 0 Å². The summed E-state index contributed by atoms with van der Waals surface area (Å²) in [5.74, 6) is 0.329. The van der Waals surface area contributed by atoms with Crippen LogP contribution in [-0.4, -0.2) is 23.9 Å². The standard InChI is InChI=1S/C22H26O4.C18H14O4.C3H8.4CH4/c1-5-15(3)21(23)25-19-11-7-17(8-12-19)18-9-13-20(14-10-18)26-22(24)16(4)6-2;1-3-17(19)21-15-9-5-13(6-10-15)14-7-11-16(12-8-14)22-18(20)4-2;1-3-2;;;;/h7-16H,5-6H2,1-4H3;3-12H,1-2H2;3H2,1-2H3;4*1H4. The Hall–Kier alpha value is -5.76. The van der Waals surface area contributed by atoms with Crippen LogP contribution in [0.3, 0.4) is 0 Å². The summed E-state index contributed by atoms with van der Waals surface area (Å²) < 4.78 is 20.7. The maximum absolute atomic E-state index is 11.8. The number of carbonyl (C=O) groups is 4. The zero-order valence-corrected chi connectivity index (χ0v) is 30.3. The molecule has 0 saturated carbocycles. The van der Waals surface area contributed by atoms with Gasteiger partial charge in [-0.25, -0.2) is 9.59 Å². The van der Waals surface area contributed by atoms with Gasteiger partial charge in [-0.15, -0.1) is 0 Å². The van der Waals surface area contributed by atoms with E-state index in [1.165, 1.54) is 6.42 Å². The highest BCUT2D eigenvalue weighted by atomic mass is 16.5. The summed E-state index contributed by atoms with van der Waals surface area (Å²) in [7, 11) is 0. The van der Waals surface area contributed by atoms with E-state index in [0.29, 0.717) is 23.0 Å². The first kappa shape index (κ1) is 53.6. The number of hydrogen-bond donors (Lipinski definition) is 0. The fourth-order valence-corrected chi connectivity index (χ4v) is 3.94. The lowest BCUT2D eigenvalue weighted by Gasteiger charge is -2.10. The van der Waals surface area contributed by atoms with Gasteiger partial charge >= 0.3 is 23.9 Å². The zero-order chi connectivity index (χ0) is 37.8. The lowest BCUT2D eigenvalue weighted by molar-refractivity contribution is -0.139. The van der Waals surface area contributed by atoms with Crippen molar-refractivity contribution in [1.29, 1.82) is 0 Å². The van der Waals surface area contributed by atoms with Gasteiger partial charge in [0.2, 0.25) is 0 Å². The Bertz CT molecular complexity index is 1580. The Balaban J connectivity index is -0.000000867. The van der Waals surface area contributed by atoms with Crippen LogP contribution in [0.15, 0.2) is 122 Å². The van der Waals surface area contributed by atoms with E-state index in [1.807, 2.05) is 76.2 Å². The van der Waals surface area contributed by atoms with Crippen molar-refractivity contribution >= 4 is 23.9 Å². The van der Waals surface area contributed by atoms with Crippen LogP contribution in [0.25, 0.3) is 22.3 Å². The quantitative estimate of drug-likeness (QED) is 0.0799. The molecule has 0 spiro atoms. The largest absolute Gasteiger partial charge is 0.426 e. The van der Waals surface area contributed by atoms with E-state index in [4.69, 9.17) is 18.9 Å².